The molecule has 3 heteroatoms. The standard InChI is InChI=1S/C6H15N.C2H7N.CH4O/c1-4-7(5-2)6-3;1-3-2;1-2/h4-6H2,1-3H3;3H,1-2H3;2H,1H3. The third-order valence-electron chi connectivity index (χ3n) is 1.34. The highest BCUT2D eigenvalue weighted by atomic mass is 16.2. The van der Waals surface area contributed by atoms with Crippen LogP contribution in [0.5, 0.6) is 0 Å². The Hall–Kier alpha value is -0.120. The van der Waals surface area contributed by atoms with Gasteiger partial charge in [0, 0.05) is 7.11 Å². The van der Waals surface area contributed by atoms with Crippen LogP contribution in [-0.4, -0.2) is 50.8 Å². The first-order valence-electron chi connectivity index (χ1n) is 4.52. The average Bonchev–Trinajstić information content (AvgIpc) is 2.12. The number of hydrogen-bond donors (Lipinski definition) is 2. The van der Waals surface area contributed by atoms with Gasteiger partial charge in [0.15, 0.2) is 0 Å². The average molecular weight is 178 g/mol. The summed E-state index contributed by atoms with van der Waals surface area (Å²) in [7, 11) is 4.75. The summed E-state index contributed by atoms with van der Waals surface area (Å²) in [5, 5.41) is 9.75. The van der Waals surface area contributed by atoms with E-state index < -0.39 is 0 Å². The van der Waals surface area contributed by atoms with Gasteiger partial charge in [-0.2, -0.15) is 0 Å². The third kappa shape index (κ3) is 22.5. The predicted molar refractivity (Wildman–Crippen MR) is 56.6 cm³/mol. The van der Waals surface area contributed by atoms with Gasteiger partial charge in [-0.05, 0) is 33.7 Å². The number of aliphatic hydroxyl groups excluding tert-OH is 1. The number of nitrogens with one attached hydrogen (secondary N) is 1. The van der Waals surface area contributed by atoms with Crippen molar-refractivity contribution in [3.05, 3.63) is 0 Å². The molecule has 2 N–H and O–H groups in total. The molecule has 0 amide bonds. The van der Waals surface area contributed by atoms with Crippen LogP contribution in [0.15, 0.2) is 0 Å². The fourth-order valence-corrected chi connectivity index (χ4v) is 0.671. The lowest BCUT2D eigenvalue weighted by atomic mass is 10.5. The van der Waals surface area contributed by atoms with Crippen LogP contribution in [0, 0.1) is 0 Å². The lowest BCUT2D eigenvalue weighted by molar-refractivity contribution is 0.321. The molecule has 0 aromatic carbocycles. The largest absolute Gasteiger partial charge is 0.400 e. The van der Waals surface area contributed by atoms with Gasteiger partial charge in [0.05, 0.1) is 0 Å². The van der Waals surface area contributed by atoms with Crippen LogP contribution in [0.25, 0.3) is 0 Å². The summed E-state index contributed by atoms with van der Waals surface area (Å²) in [5.74, 6) is 0. The second kappa shape index (κ2) is 22.4. The van der Waals surface area contributed by atoms with Crippen LogP contribution in [0.4, 0.5) is 0 Å². The van der Waals surface area contributed by atoms with E-state index in [2.05, 4.69) is 31.0 Å². The zero-order chi connectivity index (χ0) is 10.4. The minimum atomic E-state index is 1.00. The highest BCUT2D eigenvalue weighted by Gasteiger charge is 1.89. The molecule has 3 nitrogen and oxygen atoms in total. The molecule has 0 heterocycles. The van der Waals surface area contributed by atoms with E-state index in [1.54, 1.807) is 0 Å². The van der Waals surface area contributed by atoms with Crippen molar-refractivity contribution >= 4 is 0 Å². The summed E-state index contributed by atoms with van der Waals surface area (Å²) in [4.78, 5) is 2.38. The molecule has 0 aliphatic heterocycles. The summed E-state index contributed by atoms with van der Waals surface area (Å²) in [5.41, 5.74) is 0. The highest BCUT2D eigenvalue weighted by molar-refractivity contribution is 4.43. The molecule has 0 aromatic heterocycles. The van der Waals surface area contributed by atoms with Crippen LogP contribution < -0.4 is 5.32 Å². The van der Waals surface area contributed by atoms with Gasteiger partial charge >= 0.3 is 0 Å². The summed E-state index contributed by atoms with van der Waals surface area (Å²) in [6.07, 6.45) is 0. The normalized spacial score (nSPS) is 8.00. The maximum atomic E-state index is 7.00. The lowest BCUT2D eigenvalue weighted by Gasteiger charge is -2.13. The SMILES string of the molecule is CCN(CC)CC.CNC.CO. The Morgan fingerprint density at radius 1 is 0.917 bits per heavy atom. The molecule has 12 heavy (non-hydrogen) atoms. The summed E-state index contributed by atoms with van der Waals surface area (Å²) >= 11 is 0. The monoisotopic (exact) mass is 178 g/mol. The topological polar surface area (TPSA) is 35.5 Å². The Morgan fingerprint density at radius 3 is 1.08 bits per heavy atom. The molecule has 0 aromatic rings. The van der Waals surface area contributed by atoms with Crippen LogP contribution in [0.2, 0.25) is 0 Å². The van der Waals surface area contributed by atoms with Crippen molar-refractivity contribution in [3.8, 4) is 0 Å². The minimum Gasteiger partial charge on any atom is -0.400 e. The predicted octanol–water partition coefficient (Wildman–Crippen LogP) is 0.792. The quantitative estimate of drug-likeness (QED) is 0.671. The van der Waals surface area contributed by atoms with Crippen molar-refractivity contribution in [1.29, 1.82) is 0 Å². The molecule has 0 rings (SSSR count). The van der Waals surface area contributed by atoms with Crippen LogP contribution in [0.3, 0.4) is 0 Å². The second-order valence-electron chi connectivity index (χ2n) is 2.12. The van der Waals surface area contributed by atoms with Gasteiger partial charge in [0.25, 0.3) is 0 Å². The van der Waals surface area contributed by atoms with Gasteiger partial charge in [0.2, 0.25) is 0 Å². The molecular formula is C9H26N2O. The van der Waals surface area contributed by atoms with Crippen molar-refractivity contribution in [2.75, 3.05) is 40.8 Å². The van der Waals surface area contributed by atoms with Crippen LogP contribution in [-0.2, 0) is 0 Å². The molecular weight excluding hydrogens is 152 g/mol. The first kappa shape index (κ1) is 17.8. The number of rotatable bonds is 3. The smallest absolute Gasteiger partial charge is 0.0319 e. The molecule has 0 unspecified atom stereocenters. The zero-order valence-corrected chi connectivity index (χ0v) is 9.52. The molecule has 78 valence electrons. The fraction of sp³-hybridized carbons (Fsp3) is 1.00. The second-order valence-corrected chi connectivity index (χ2v) is 2.12. The molecule has 0 aliphatic carbocycles. The maximum Gasteiger partial charge on any atom is 0.0319 e. The third-order valence-corrected chi connectivity index (χ3v) is 1.34. The molecule has 0 atom stereocenters. The summed E-state index contributed by atoms with van der Waals surface area (Å²) in [6, 6.07) is 0. The van der Waals surface area contributed by atoms with Crippen molar-refractivity contribution in [1.82, 2.24) is 10.2 Å². The van der Waals surface area contributed by atoms with E-state index in [1.807, 2.05) is 14.1 Å². The van der Waals surface area contributed by atoms with E-state index in [-0.39, 0.29) is 0 Å². The van der Waals surface area contributed by atoms with Crippen LogP contribution >= 0.6 is 0 Å². The Kier molecular flexibility index (Phi) is 33.3. The highest BCUT2D eigenvalue weighted by Crippen LogP contribution is 1.81. The Balaban J connectivity index is -0.000000137. The van der Waals surface area contributed by atoms with Crippen molar-refractivity contribution in [2.45, 2.75) is 20.8 Å². The van der Waals surface area contributed by atoms with Gasteiger partial charge in [-0.15, -0.1) is 0 Å². The molecule has 0 radical (unpaired) electrons. The van der Waals surface area contributed by atoms with E-state index in [4.69, 9.17) is 5.11 Å². The maximum absolute atomic E-state index is 7.00. The summed E-state index contributed by atoms with van der Waals surface area (Å²) in [6.45, 7) is 10.1. The zero-order valence-electron chi connectivity index (χ0n) is 9.52. The Bertz CT molecular complexity index is 42.3. The number of nitrogens with zero attached hydrogens (tertiary/aromatic N) is 1. The van der Waals surface area contributed by atoms with Gasteiger partial charge in [-0.3, -0.25) is 0 Å². The van der Waals surface area contributed by atoms with Crippen molar-refractivity contribution in [3.63, 3.8) is 0 Å². The number of hydrogen-bond acceptors (Lipinski definition) is 3. The van der Waals surface area contributed by atoms with E-state index >= 15 is 0 Å². The van der Waals surface area contributed by atoms with Crippen LogP contribution in [0.1, 0.15) is 20.8 Å². The van der Waals surface area contributed by atoms with Crippen molar-refractivity contribution < 1.29 is 5.11 Å². The molecule has 0 bridgehead atoms. The van der Waals surface area contributed by atoms with Gasteiger partial charge in [-0.25, -0.2) is 0 Å². The summed E-state index contributed by atoms with van der Waals surface area (Å²) < 4.78 is 0. The van der Waals surface area contributed by atoms with Gasteiger partial charge < -0.3 is 15.3 Å². The molecule has 0 aliphatic rings. The first-order valence-corrected chi connectivity index (χ1v) is 4.52. The van der Waals surface area contributed by atoms with Gasteiger partial charge in [-0.1, -0.05) is 20.8 Å². The lowest BCUT2D eigenvalue weighted by Crippen LogP contribution is -2.21. The molecule has 0 spiro atoms. The first-order chi connectivity index (χ1) is 5.76. The van der Waals surface area contributed by atoms with Crippen molar-refractivity contribution in [2.24, 2.45) is 0 Å². The molecule has 0 saturated carbocycles. The number of aliphatic hydroxyl groups is 1. The van der Waals surface area contributed by atoms with E-state index in [9.17, 15) is 0 Å². The Morgan fingerprint density at radius 2 is 1.08 bits per heavy atom. The fourth-order valence-electron chi connectivity index (χ4n) is 0.671. The Labute approximate surface area is 77.8 Å². The van der Waals surface area contributed by atoms with E-state index in [0.29, 0.717) is 0 Å². The molecule has 0 saturated heterocycles. The van der Waals surface area contributed by atoms with Gasteiger partial charge in [0.1, 0.15) is 0 Å². The van der Waals surface area contributed by atoms with E-state index in [1.165, 1.54) is 19.6 Å². The van der Waals surface area contributed by atoms with E-state index in [0.717, 1.165) is 7.11 Å². The molecule has 0 fully saturated rings. The minimum absolute atomic E-state index is 1.00.